The summed E-state index contributed by atoms with van der Waals surface area (Å²) in [5, 5.41) is 0. The first-order chi connectivity index (χ1) is 6.55. The molecule has 0 aliphatic carbocycles. The summed E-state index contributed by atoms with van der Waals surface area (Å²) in [5.74, 6) is -5.73. The van der Waals surface area contributed by atoms with Gasteiger partial charge in [-0.05, 0) is 0 Å². The van der Waals surface area contributed by atoms with Gasteiger partial charge in [-0.3, -0.25) is 0 Å². The van der Waals surface area contributed by atoms with Crippen LogP contribution in [0.3, 0.4) is 0 Å². The summed E-state index contributed by atoms with van der Waals surface area (Å²) in [5.41, 5.74) is 0.459. The average molecular weight is 241 g/mol. The molecule has 0 spiro atoms. The van der Waals surface area contributed by atoms with Crippen molar-refractivity contribution >= 4 is 11.9 Å². The van der Waals surface area contributed by atoms with Gasteiger partial charge in [0.2, 0.25) is 0 Å². The van der Waals surface area contributed by atoms with E-state index < -0.39 is 24.3 Å². The smallest absolute Gasteiger partial charge is 0.327 e. The molecular formula is C4HF6NO4. The Balaban J connectivity index is 3.92. The average Bonchev–Trinajstić information content (AvgIpc) is 2.00. The second-order valence-corrected chi connectivity index (χ2v) is 1.86. The monoisotopic (exact) mass is 241 g/mol. The van der Waals surface area contributed by atoms with Gasteiger partial charge < -0.3 is 9.68 Å². The Morgan fingerprint density at radius 2 is 1.07 bits per heavy atom. The summed E-state index contributed by atoms with van der Waals surface area (Å²) in [4.78, 5) is 25.5. The summed E-state index contributed by atoms with van der Waals surface area (Å²) >= 11 is 0. The third kappa shape index (κ3) is 5.05. The maximum Gasteiger partial charge on any atom is 0.492 e. The Bertz CT molecular complexity index is 231. The van der Waals surface area contributed by atoms with Gasteiger partial charge in [0, 0.05) is 5.64 Å². The number of alkyl halides is 6. The number of halogens is 6. The zero-order valence-electron chi connectivity index (χ0n) is 6.40. The topological polar surface area (TPSA) is 64.6 Å². The van der Waals surface area contributed by atoms with E-state index in [4.69, 9.17) is 0 Å². The molecule has 0 radical (unpaired) electrons. The van der Waals surface area contributed by atoms with Crippen molar-refractivity contribution in [3.63, 3.8) is 0 Å². The van der Waals surface area contributed by atoms with Crippen molar-refractivity contribution in [3.8, 4) is 0 Å². The summed E-state index contributed by atoms with van der Waals surface area (Å²) < 4.78 is 68.0. The number of nitrogens with one attached hydrogen (secondary N) is 1. The molecule has 0 atom stereocenters. The van der Waals surface area contributed by atoms with Crippen LogP contribution in [-0.4, -0.2) is 24.3 Å². The Morgan fingerprint density at radius 3 is 1.27 bits per heavy atom. The van der Waals surface area contributed by atoms with Crippen LogP contribution in [0.5, 0.6) is 0 Å². The third-order valence-corrected chi connectivity index (χ3v) is 0.732. The molecule has 88 valence electrons. The van der Waals surface area contributed by atoms with Gasteiger partial charge in [-0.1, -0.05) is 0 Å². The molecule has 0 aromatic carbocycles. The van der Waals surface area contributed by atoms with Crippen LogP contribution in [0, 0.1) is 0 Å². The fourth-order valence-electron chi connectivity index (χ4n) is 0.212. The minimum absolute atomic E-state index is 0.459. The van der Waals surface area contributed by atoms with Gasteiger partial charge in [-0.25, -0.2) is 9.59 Å². The standard InChI is InChI=1S/C4HF6NO4/c5-3(6,7)1(12)14-11-15-2(13)4(8,9)10/h11H. The summed E-state index contributed by atoms with van der Waals surface area (Å²) in [6.45, 7) is 0. The van der Waals surface area contributed by atoms with E-state index in [2.05, 4.69) is 9.68 Å². The molecule has 0 rings (SSSR count). The van der Waals surface area contributed by atoms with Gasteiger partial charge in [-0.2, -0.15) is 26.3 Å². The van der Waals surface area contributed by atoms with Gasteiger partial charge in [0.1, 0.15) is 0 Å². The summed E-state index contributed by atoms with van der Waals surface area (Å²) in [6.07, 6.45) is -10.8. The van der Waals surface area contributed by atoms with Crippen molar-refractivity contribution in [1.82, 2.24) is 5.64 Å². The lowest BCUT2D eigenvalue weighted by molar-refractivity contribution is -0.249. The SMILES string of the molecule is O=C(ONOC(=O)C(F)(F)F)C(F)(F)F. The molecule has 15 heavy (non-hydrogen) atoms. The van der Waals surface area contributed by atoms with E-state index in [1.165, 1.54) is 0 Å². The molecule has 0 saturated heterocycles. The summed E-state index contributed by atoms with van der Waals surface area (Å²) in [7, 11) is 0. The minimum atomic E-state index is -5.42. The fourth-order valence-corrected chi connectivity index (χ4v) is 0.212. The van der Waals surface area contributed by atoms with Gasteiger partial charge >= 0.3 is 24.3 Å². The molecule has 0 bridgehead atoms. The van der Waals surface area contributed by atoms with E-state index in [0.29, 0.717) is 5.64 Å². The van der Waals surface area contributed by atoms with E-state index in [1.807, 2.05) is 0 Å². The molecule has 0 aromatic rings. The molecule has 0 fully saturated rings. The highest BCUT2D eigenvalue weighted by atomic mass is 19.4. The molecule has 0 aliphatic heterocycles. The van der Waals surface area contributed by atoms with Crippen molar-refractivity contribution in [2.45, 2.75) is 12.4 Å². The van der Waals surface area contributed by atoms with Crippen LogP contribution in [0.15, 0.2) is 0 Å². The zero-order valence-corrected chi connectivity index (χ0v) is 6.40. The van der Waals surface area contributed by atoms with Gasteiger partial charge in [0.15, 0.2) is 0 Å². The van der Waals surface area contributed by atoms with Crippen LogP contribution in [-0.2, 0) is 19.3 Å². The molecule has 0 amide bonds. The quantitative estimate of drug-likeness (QED) is 0.567. The third-order valence-electron chi connectivity index (χ3n) is 0.732. The maximum absolute atomic E-state index is 11.3. The van der Waals surface area contributed by atoms with Crippen LogP contribution in [0.4, 0.5) is 26.3 Å². The number of carbonyl (C=O) groups is 2. The normalized spacial score (nSPS) is 12.1. The molecule has 0 aromatic heterocycles. The highest BCUT2D eigenvalue weighted by molar-refractivity contribution is 5.76. The first kappa shape index (κ1) is 13.5. The molecule has 0 saturated carbocycles. The van der Waals surface area contributed by atoms with Crippen LogP contribution in [0.25, 0.3) is 0 Å². The van der Waals surface area contributed by atoms with Crippen molar-refractivity contribution < 1.29 is 45.6 Å². The maximum atomic E-state index is 11.3. The van der Waals surface area contributed by atoms with Gasteiger partial charge in [-0.15, -0.1) is 0 Å². The van der Waals surface area contributed by atoms with Crippen LogP contribution in [0.2, 0.25) is 0 Å². The Hall–Kier alpha value is -1.52. The fraction of sp³-hybridized carbons (Fsp3) is 0.500. The predicted octanol–water partition coefficient (Wildman–Crippen LogP) is 0.617. The second-order valence-electron chi connectivity index (χ2n) is 1.86. The van der Waals surface area contributed by atoms with Gasteiger partial charge in [0.05, 0.1) is 0 Å². The van der Waals surface area contributed by atoms with Crippen molar-refractivity contribution in [2.75, 3.05) is 0 Å². The number of hydrogen-bond acceptors (Lipinski definition) is 5. The van der Waals surface area contributed by atoms with Crippen LogP contribution >= 0.6 is 0 Å². The zero-order chi connectivity index (χ0) is 12.3. The number of carbonyl (C=O) groups excluding carboxylic acids is 2. The second kappa shape index (κ2) is 4.33. The predicted molar refractivity (Wildman–Crippen MR) is 27.4 cm³/mol. The lowest BCUT2D eigenvalue weighted by Gasteiger charge is -2.08. The molecule has 0 unspecified atom stereocenters. The van der Waals surface area contributed by atoms with Gasteiger partial charge in [0.25, 0.3) is 0 Å². The Kier molecular flexibility index (Phi) is 3.90. The van der Waals surface area contributed by atoms with E-state index in [1.54, 1.807) is 0 Å². The Labute approximate surface area is 76.8 Å². The number of rotatable bonds is 2. The lowest BCUT2D eigenvalue weighted by Crippen LogP contribution is -2.36. The highest BCUT2D eigenvalue weighted by Crippen LogP contribution is 2.17. The molecule has 11 heteroatoms. The lowest BCUT2D eigenvalue weighted by atomic mass is 10.7. The molecule has 0 aliphatic rings. The molecule has 1 N–H and O–H groups in total. The largest absolute Gasteiger partial charge is 0.492 e. The first-order valence-electron chi connectivity index (χ1n) is 2.86. The number of hydrogen-bond donors (Lipinski definition) is 1. The minimum Gasteiger partial charge on any atom is -0.327 e. The first-order valence-corrected chi connectivity index (χ1v) is 2.86. The van der Waals surface area contributed by atoms with E-state index >= 15 is 0 Å². The molecule has 0 heterocycles. The van der Waals surface area contributed by atoms with Crippen molar-refractivity contribution in [2.24, 2.45) is 0 Å². The Morgan fingerprint density at radius 1 is 0.800 bits per heavy atom. The van der Waals surface area contributed by atoms with Crippen LogP contribution in [0.1, 0.15) is 0 Å². The summed E-state index contributed by atoms with van der Waals surface area (Å²) in [6, 6.07) is 0. The van der Waals surface area contributed by atoms with E-state index in [-0.39, 0.29) is 0 Å². The molecule has 5 nitrogen and oxygen atoms in total. The molecular weight excluding hydrogens is 240 g/mol. The van der Waals surface area contributed by atoms with Crippen molar-refractivity contribution in [3.05, 3.63) is 0 Å². The van der Waals surface area contributed by atoms with Crippen molar-refractivity contribution in [1.29, 1.82) is 0 Å². The van der Waals surface area contributed by atoms with Crippen LogP contribution < -0.4 is 5.64 Å². The van der Waals surface area contributed by atoms with E-state index in [9.17, 15) is 35.9 Å². The van der Waals surface area contributed by atoms with E-state index in [0.717, 1.165) is 0 Å². The highest BCUT2D eigenvalue weighted by Gasteiger charge is 2.44.